The first-order valence-electron chi connectivity index (χ1n) is 7.21. The van der Waals surface area contributed by atoms with Crippen LogP contribution < -0.4 is 5.73 Å². The molecule has 2 aromatic rings. The van der Waals surface area contributed by atoms with Crippen LogP contribution in [0.2, 0.25) is 0 Å². The van der Waals surface area contributed by atoms with Gasteiger partial charge >= 0.3 is 0 Å². The number of hydrogen-bond donors (Lipinski definition) is 1. The molecule has 0 atom stereocenters. The van der Waals surface area contributed by atoms with E-state index >= 15 is 0 Å². The van der Waals surface area contributed by atoms with Gasteiger partial charge in [-0.1, -0.05) is 24.6 Å². The van der Waals surface area contributed by atoms with E-state index in [4.69, 9.17) is 5.73 Å². The van der Waals surface area contributed by atoms with E-state index in [0.29, 0.717) is 17.4 Å². The highest BCUT2D eigenvalue weighted by atomic mass is 32.2. The molecule has 1 saturated carbocycles. The van der Waals surface area contributed by atoms with Crippen LogP contribution >= 0.6 is 11.3 Å². The molecule has 1 aliphatic rings. The molecule has 0 aliphatic heterocycles. The maximum atomic E-state index is 12.9. The number of hydrogen-bond acceptors (Lipinski definition) is 4. The summed E-state index contributed by atoms with van der Waals surface area (Å²) in [5.74, 6) is 0.510. The Morgan fingerprint density at radius 3 is 2.67 bits per heavy atom. The Kier molecular flexibility index (Phi) is 4.05. The summed E-state index contributed by atoms with van der Waals surface area (Å²) < 4.78 is 28.4. The molecule has 0 unspecified atom stereocenters. The van der Waals surface area contributed by atoms with E-state index in [-0.39, 0.29) is 6.54 Å². The van der Waals surface area contributed by atoms with Crippen molar-refractivity contribution in [2.45, 2.75) is 30.7 Å². The van der Waals surface area contributed by atoms with E-state index in [1.54, 1.807) is 7.05 Å². The average Bonchev–Trinajstić information content (AvgIpc) is 2.81. The van der Waals surface area contributed by atoms with Crippen molar-refractivity contribution in [1.82, 2.24) is 4.31 Å². The molecular formula is C15H20N2O2S2. The fraction of sp³-hybridized carbons (Fsp3) is 0.467. The van der Waals surface area contributed by atoms with Crippen molar-refractivity contribution in [3.63, 3.8) is 0 Å². The molecule has 21 heavy (non-hydrogen) atoms. The smallest absolute Gasteiger partial charge is 0.244 e. The van der Waals surface area contributed by atoms with Crippen molar-refractivity contribution in [1.29, 1.82) is 0 Å². The Hall–Kier alpha value is -0.950. The summed E-state index contributed by atoms with van der Waals surface area (Å²) >= 11 is 1.48. The summed E-state index contributed by atoms with van der Waals surface area (Å²) in [5, 5.41) is 0.795. The van der Waals surface area contributed by atoms with Crippen molar-refractivity contribution < 1.29 is 8.42 Å². The molecule has 1 aliphatic carbocycles. The first kappa shape index (κ1) is 15.0. The molecule has 114 valence electrons. The zero-order chi connectivity index (χ0) is 15.0. The summed E-state index contributed by atoms with van der Waals surface area (Å²) in [4.78, 5) is 1.16. The van der Waals surface area contributed by atoms with Gasteiger partial charge in [-0.2, -0.15) is 0 Å². The molecule has 0 saturated heterocycles. The number of rotatable bonds is 5. The largest absolute Gasteiger partial charge is 0.326 e. The van der Waals surface area contributed by atoms with Gasteiger partial charge in [0.1, 0.15) is 4.90 Å². The van der Waals surface area contributed by atoms with E-state index in [1.807, 2.05) is 24.3 Å². The molecule has 0 amide bonds. The Labute approximate surface area is 129 Å². The predicted octanol–water partition coefficient (Wildman–Crippen LogP) is 2.78. The number of nitrogens with zero attached hydrogens (tertiary/aromatic N) is 1. The van der Waals surface area contributed by atoms with E-state index in [9.17, 15) is 8.42 Å². The molecule has 0 bridgehead atoms. The molecule has 0 radical (unpaired) electrons. The molecule has 1 aromatic heterocycles. The number of fused-ring (bicyclic) bond motifs is 1. The minimum atomic E-state index is -3.47. The lowest BCUT2D eigenvalue weighted by atomic mass is 9.86. The molecule has 2 N–H and O–H groups in total. The third-order valence-corrected chi connectivity index (χ3v) is 7.49. The molecule has 1 fully saturated rings. The van der Waals surface area contributed by atoms with Gasteiger partial charge in [0.2, 0.25) is 10.0 Å². The number of nitrogens with two attached hydrogens (primary N) is 1. The Morgan fingerprint density at radius 2 is 2.05 bits per heavy atom. The van der Waals surface area contributed by atoms with E-state index in [0.717, 1.165) is 27.8 Å². The summed E-state index contributed by atoms with van der Waals surface area (Å²) in [6.45, 7) is 0.863. The Bertz CT molecular complexity index is 748. The van der Waals surface area contributed by atoms with Crippen molar-refractivity contribution in [2.24, 2.45) is 11.7 Å². The number of benzene rings is 1. The standard InChI is InChI=1S/C15H20N2O2S2/c1-17(10-11-5-4-6-11)21(18,19)15-12-7-2-3-8-13(12)20-14(15)9-16/h2-3,7-8,11H,4-6,9-10,16H2,1H3. The molecule has 4 nitrogen and oxygen atoms in total. The number of sulfonamides is 1. The topological polar surface area (TPSA) is 63.4 Å². The lowest BCUT2D eigenvalue weighted by molar-refractivity contribution is 0.263. The quantitative estimate of drug-likeness (QED) is 0.920. The van der Waals surface area contributed by atoms with Gasteiger partial charge in [0.25, 0.3) is 0 Å². The average molecular weight is 324 g/mol. The SMILES string of the molecule is CN(CC1CCC1)S(=O)(=O)c1c(CN)sc2ccccc12. The second-order valence-electron chi connectivity index (χ2n) is 5.64. The Morgan fingerprint density at radius 1 is 1.33 bits per heavy atom. The van der Waals surface area contributed by atoms with Crippen molar-refractivity contribution in [3.05, 3.63) is 29.1 Å². The van der Waals surface area contributed by atoms with Crippen LogP contribution in [0.3, 0.4) is 0 Å². The van der Waals surface area contributed by atoms with Crippen molar-refractivity contribution in [2.75, 3.05) is 13.6 Å². The molecule has 6 heteroatoms. The maximum absolute atomic E-state index is 12.9. The molecule has 1 aromatic carbocycles. The fourth-order valence-electron chi connectivity index (χ4n) is 2.78. The van der Waals surface area contributed by atoms with Crippen LogP contribution in [-0.4, -0.2) is 26.3 Å². The first-order chi connectivity index (χ1) is 10.0. The van der Waals surface area contributed by atoms with Crippen molar-refractivity contribution >= 4 is 31.4 Å². The monoisotopic (exact) mass is 324 g/mol. The van der Waals surface area contributed by atoms with Crippen LogP contribution in [0.4, 0.5) is 0 Å². The van der Waals surface area contributed by atoms with Gasteiger partial charge in [-0.3, -0.25) is 0 Å². The van der Waals surface area contributed by atoms with Gasteiger partial charge in [-0.25, -0.2) is 12.7 Å². The van der Waals surface area contributed by atoms with E-state index in [2.05, 4.69) is 0 Å². The summed E-state index contributed by atoms with van der Waals surface area (Å²) in [6, 6.07) is 7.62. The summed E-state index contributed by atoms with van der Waals surface area (Å²) in [5.41, 5.74) is 5.78. The molecule has 1 heterocycles. The summed E-state index contributed by atoms with van der Waals surface area (Å²) in [7, 11) is -1.79. The third-order valence-electron chi connectivity index (χ3n) is 4.21. The molecule has 0 spiro atoms. The lowest BCUT2D eigenvalue weighted by Gasteiger charge is -2.29. The van der Waals surface area contributed by atoms with Gasteiger partial charge in [-0.15, -0.1) is 11.3 Å². The Balaban J connectivity index is 2.04. The van der Waals surface area contributed by atoms with Gasteiger partial charge < -0.3 is 5.73 Å². The van der Waals surface area contributed by atoms with E-state index in [1.165, 1.54) is 22.1 Å². The third kappa shape index (κ3) is 2.61. The highest BCUT2D eigenvalue weighted by molar-refractivity contribution is 7.89. The molecule has 3 rings (SSSR count). The second-order valence-corrected chi connectivity index (χ2v) is 8.76. The van der Waals surface area contributed by atoms with Crippen LogP contribution in [0.5, 0.6) is 0 Å². The van der Waals surface area contributed by atoms with Gasteiger partial charge in [-0.05, 0) is 24.8 Å². The van der Waals surface area contributed by atoms with Crippen LogP contribution in [0.1, 0.15) is 24.1 Å². The highest BCUT2D eigenvalue weighted by Gasteiger charge is 2.30. The second kappa shape index (κ2) is 5.68. The minimum Gasteiger partial charge on any atom is -0.326 e. The van der Waals surface area contributed by atoms with Crippen LogP contribution in [0, 0.1) is 5.92 Å². The fourth-order valence-corrected chi connectivity index (χ4v) is 5.81. The van der Waals surface area contributed by atoms with Crippen molar-refractivity contribution in [3.8, 4) is 0 Å². The zero-order valence-electron chi connectivity index (χ0n) is 12.1. The zero-order valence-corrected chi connectivity index (χ0v) is 13.7. The van der Waals surface area contributed by atoms with Gasteiger partial charge in [0.05, 0.1) is 0 Å². The lowest BCUT2D eigenvalue weighted by Crippen LogP contribution is -2.34. The summed E-state index contributed by atoms with van der Waals surface area (Å²) in [6.07, 6.45) is 3.48. The van der Waals surface area contributed by atoms with Crippen LogP contribution in [0.25, 0.3) is 10.1 Å². The highest BCUT2D eigenvalue weighted by Crippen LogP contribution is 2.36. The van der Waals surface area contributed by atoms with E-state index < -0.39 is 10.0 Å². The van der Waals surface area contributed by atoms with Gasteiger partial charge in [0, 0.05) is 35.1 Å². The maximum Gasteiger partial charge on any atom is 0.244 e. The van der Waals surface area contributed by atoms with Crippen LogP contribution in [0.15, 0.2) is 29.2 Å². The predicted molar refractivity (Wildman–Crippen MR) is 86.9 cm³/mol. The molecular weight excluding hydrogens is 304 g/mol. The van der Waals surface area contributed by atoms with Crippen LogP contribution in [-0.2, 0) is 16.6 Å². The van der Waals surface area contributed by atoms with Gasteiger partial charge in [0.15, 0.2) is 0 Å². The number of thiophene rings is 1. The normalized spacial score (nSPS) is 16.5. The first-order valence-corrected chi connectivity index (χ1v) is 9.46. The minimum absolute atomic E-state index is 0.255.